The van der Waals surface area contributed by atoms with Gasteiger partial charge in [0.2, 0.25) is 0 Å². The number of allylic oxidation sites excluding steroid dienone is 4. The zero-order valence-electron chi connectivity index (χ0n) is 7.57. The van der Waals surface area contributed by atoms with Crippen molar-refractivity contribution in [3.8, 4) is 0 Å². The molecule has 0 atom stereocenters. The molecule has 0 N–H and O–H groups in total. The first-order valence-corrected chi connectivity index (χ1v) is 9.02. The normalized spacial score (nSPS) is 18.0. The van der Waals surface area contributed by atoms with Gasteiger partial charge in [-0.3, -0.25) is 0 Å². The molecule has 0 bridgehead atoms. The van der Waals surface area contributed by atoms with E-state index in [-0.39, 0.29) is 0 Å². The van der Waals surface area contributed by atoms with E-state index in [2.05, 4.69) is 31.8 Å². The van der Waals surface area contributed by atoms with Crippen LogP contribution in [0.1, 0.15) is 6.42 Å². The third-order valence-corrected chi connectivity index (χ3v) is 4.00. The summed E-state index contributed by atoms with van der Waals surface area (Å²) >= 11 is 1.59. The van der Waals surface area contributed by atoms with Crippen molar-refractivity contribution in [3.05, 3.63) is 21.0 Å². The Labute approximate surface area is 85.6 Å². The summed E-state index contributed by atoms with van der Waals surface area (Å²) in [5, 5.41) is 0. The maximum absolute atomic E-state index is 2.43. The molecule has 59 valence electrons. The van der Waals surface area contributed by atoms with Crippen molar-refractivity contribution in [2.24, 2.45) is 0 Å². The first-order chi connectivity index (χ1) is 4.97. The maximum atomic E-state index is 2.43. The van der Waals surface area contributed by atoms with Crippen LogP contribution in [-0.2, 0) is 24.7 Å². The van der Waals surface area contributed by atoms with Gasteiger partial charge < -0.3 is 0 Å². The van der Waals surface area contributed by atoms with Gasteiger partial charge in [-0.1, -0.05) is 0 Å². The van der Waals surface area contributed by atoms with Crippen molar-refractivity contribution >= 4 is 8.07 Å². The topological polar surface area (TPSA) is 0 Å². The van der Waals surface area contributed by atoms with Crippen molar-refractivity contribution in [2.45, 2.75) is 32.1 Å². The van der Waals surface area contributed by atoms with Gasteiger partial charge in [-0.05, 0) is 0 Å². The molecule has 0 fully saturated rings. The van der Waals surface area contributed by atoms with Gasteiger partial charge in [-0.2, -0.15) is 0 Å². The summed E-state index contributed by atoms with van der Waals surface area (Å²) in [5.41, 5.74) is 1.61. The quantitative estimate of drug-likeness (QED) is 0.653. The molecule has 0 spiro atoms. The fourth-order valence-electron chi connectivity index (χ4n) is 1.32. The average Bonchev–Trinajstić information content (AvgIpc) is 2.10. The Kier molecular flexibility index (Phi) is 3.10. The standard InChI is InChI=1S/C9H15Si.Zr/c1-10(2,3)8-9-6-4-5-7-9;/h6-7H,4,8H2,1-3H3;. The molecule has 0 aliphatic heterocycles. The monoisotopic (exact) mass is 241 g/mol. The van der Waals surface area contributed by atoms with Crippen LogP contribution in [-0.4, -0.2) is 8.07 Å². The molecular formula is C9H15SiZr. The Morgan fingerprint density at radius 2 is 2.09 bits per heavy atom. The van der Waals surface area contributed by atoms with E-state index in [0.717, 1.165) is 0 Å². The van der Waals surface area contributed by atoms with Gasteiger partial charge in [0.1, 0.15) is 0 Å². The summed E-state index contributed by atoms with van der Waals surface area (Å²) in [5.74, 6) is 0. The Bertz CT molecular complexity index is 208. The molecule has 1 aliphatic rings. The average molecular weight is 243 g/mol. The molecule has 1 aliphatic carbocycles. The Morgan fingerprint density at radius 3 is 2.45 bits per heavy atom. The number of hydrogen-bond donors (Lipinski definition) is 0. The molecule has 0 radical (unpaired) electrons. The molecule has 0 unspecified atom stereocenters. The molecule has 11 heavy (non-hydrogen) atoms. The Morgan fingerprint density at radius 1 is 1.45 bits per heavy atom. The minimum absolute atomic E-state index is 0.855. The van der Waals surface area contributed by atoms with Crippen LogP contribution in [0, 0.1) is 0 Å². The molecule has 1 rings (SSSR count). The van der Waals surface area contributed by atoms with E-state index in [9.17, 15) is 0 Å². The third kappa shape index (κ3) is 3.66. The van der Waals surface area contributed by atoms with E-state index in [1.807, 2.05) is 0 Å². The second-order valence-electron chi connectivity index (χ2n) is 4.39. The molecule has 0 heterocycles. The van der Waals surface area contributed by atoms with Crippen LogP contribution >= 0.6 is 0 Å². The molecule has 0 aromatic carbocycles. The molecule has 0 saturated carbocycles. The van der Waals surface area contributed by atoms with Crippen molar-refractivity contribution < 1.29 is 24.7 Å². The summed E-state index contributed by atoms with van der Waals surface area (Å²) in [6.45, 7) is 7.30. The van der Waals surface area contributed by atoms with E-state index in [1.54, 1.807) is 33.6 Å². The van der Waals surface area contributed by atoms with Gasteiger partial charge in [-0.25, -0.2) is 0 Å². The summed E-state index contributed by atoms with van der Waals surface area (Å²) in [6, 6.07) is 1.37. The first-order valence-electron chi connectivity index (χ1n) is 4.08. The second-order valence-corrected chi connectivity index (χ2v) is 11.4. The third-order valence-electron chi connectivity index (χ3n) is 1.68. The Balaban J connectivity index is 2.53. The van der Waals surface area contributed by atoms with E-state index in [4.69, 9.17) is 0 Å². The predicted octanol–water partition coefficient (Wildman–Crippen LogP) is 3.09. The van der Waals surface area contributed by atoms with Crippen molar-refractivity contribution in [2.75, 3.05) is 0 Å². The fraction of sp³-hybridized carbons (Fsp3) is 0.556. The van der Waals surface area contributed by atoms with Crippen molar-refractivity contribution in [1.29, 1.82) is 0 Å². The predicted molar refractivity (Wildman–Crippen MR) is 48.9 cm³/mol. The van der Waals surface area contributed by atoms with E-state index in [0.29, 0.717) is 0 Å². The van der Waals surface area contributed by atoms with Crippen LogP contribution in [0.2, 0.25) is 25.7 Å². The van der Waals surface area contributed by atoms with Gasteiger partial charge in [0, 0.05) is 0 Å². The molecule has 0 aromatic heterocycles. The summed E-state index contributed by atoms with van der Waals surface area (Å²) < 4.78 is 1.62. The van der Waals surface area contributed by atoms with Crippen LogP contribution < -0.4 is 0 Å². The van der Waals surface area contributed by atoms with E-state index < -0.39 is 8.07 Å². The fourth-order valence-corrected chi connectivity index (χ4v) is 3.50. The van der Waals surface area contributed by atoms with Gasteiger partial charge in [0.15, 0.2) is 0 Å². The summed E-state index contributed by atoms with van der Waals surface area (Å²) in [6.07, 6.45) is 6.04. The zero-order chi connectivity index (χ0) is 8.48. The van der Waals surface area contributed by atoms with Crippen LogP contribution in [0.3, 0.4) is 0 Å². The first kappa shape index (κ1) is 9.67. The van der Waals surface area contributed by atoms with E-state index >= 15 is 0 Å². The van der Waals surface area contributed by atoms with Crippen molar-refractivity contribution in [1.82, 2.24) is 0 Å². The van der Waals surface area contributed by atoms with Crippen LogP contribution in [0.4, 0.5) is 0 Å². The van der Waals surface area contributed by atoms with Gasteiger partial charge >= 0.3 is 85.9 Å². The number of rotatable bonds is 2. The van der Waals surface area contributed by atoms with Gasteiger partial charge in [-0.15, -0.1) is 0 Å². The van der Waals surface area contributed by atoms with Crippen LogP contribution in [0.15, 0.2) is 21.0 Å². The molecule has 0 nitrogen and oxygen atoms in total. The molecule has 0 saturated heterocycles. The van der Waals surface area contributed by atoms with Gasteiger partial charge in [0.05, 0.1) is 0 Å². The van der Waals surface area contributed by atoms with Crippen LogP contribution in [0.5, 0.6) is 0 Å². The summed E-state index contributed by atoms with van der Waals surface area (Å²) in [7, 11) is -0.855. The van der Waals surface area contributed by atoms with Gasteiger partial charge in [0.25, 0.3) is 0 Å². The Hall–Kier alpha value is 0.580. The second kappa shape index (κ2) is 3.53. The SMILES string of the molecule is C[Si](C)(C)CC1=CC[C]([Zr])=C1. The molecule has 0 amide bonds. The molecule has 0 aromatic rings. The summed E-state index contributed by atoms with van der Waals surface area (Å²) in [4.78, 5) is 0. The number of hydrogen-bond acceptors (Lipinski definition) is 0. The molecule has 2 heteroatoms. The zero-order valence-corrected chi connectivity index (χ0v) is 11.0. The van der Waals surface area contributed by atoms with E-state index in [1.165, 1.54) is 12.5 Å². The molecular weight excluding hydrogens is 227 g/mol. The van der Waals surface area contributed by atoms with Crippen LogP contribution in [0.25, 0.3) is 0 Å². The minimum atomic E-state index is -0.855. The van der Waals surface area contributed by atoms with Crippen molar-refractivity contribution in [3.63, 3.8) is 0 Å².